The van der Waals surface area contributed by atoms with Crippen molar-refractivity contribution in [2.24, 2.45) is 5.92 Å². The van der Waals surface area contributed by atoms with Crippen LogP contribution in [0.1, 0.15) is 76.6 Å². The molecule has 2 aromatic rings. The zero-order chi connectivity index (χ0) is 20.8. The molecule has 0 bridgehead atoms. The summed E-state index contributed by atoms with van der Waals surface area (Å²) in [7, 11) is 0. The summed E-state index contributed by atoms with van der Waals surface area (Å²) in [6.07, 6.45) is 6.94. The predicted octanol–water partition coefficient (Wildman–Crippen LogP) is 4.73. The first-order chi connectivity index (χ1) is 14.0. The number of unbranched alkanes of at least 4 members (excludes halogenated alkanes) is 4. The van der Waals surface area contributed by atoms with Gasteiger partial charge in [0.25, 0.3) is 0 Å². The molecule has 1 aromatic heterocycles. The van der Waals surface area contributed by atoms with Gasteiger partial charge in [0.2, 0.25) is 11.8 Å². The standard InChI is InChI=1S/C24H35N3O2/c1-4-5-6-7-8-13-21(28)25-16-22(29)27-15-14-19-18-11-9-10-12-20(18)26-23(19)24(27)17(2)3/h9-12,17,24,26H,4-8,13-16H2,1-3H3,(H,25,28). The van der Waals surface area contributed by atoms with Crippen molar-refractivity contribution >= 4 is 22.7 Å². The molecule has 1 aliphatic rings. The highest BCUT2D eigenvalue weighted by Crippen LogP contribution is 2.38. The summed E-state index contributed by atoms with van der Waals surface area (Å²) in [6, 6.07) is 8.37. The molecule has 29 heavy (non-hydrogen) atoms. The third kappa shape index (κ3) is 5.01. The Hall–Kier alpha value is -2.30. The number of para-hydroxylation sites is 1. The molecule has 1 aromatic carbocycles. The molecular weight excluding hydrogens is 362 g/mol. The summed E-state index contributed by atoms with van der Waals surface area (Å²) >= 11 is 0. The van der Waals surface area contributed by atoms with Crippen molar-refractivity contribution in [1.29, 1.82) is 0 Å². The van der Waals surface area contributed by atoms with E-state index < -0.39 is 0 Å². The molecule has 0 saturated heterocycles. The minimum atomic E-state index is -0.0146. The van der Waals surface area contributed by atoms with Gasteiger partial charge >= 0.3 is 0 Å². The lowest BCUT2D eigenvalue weighted by atomic mass is 9.90. The van der Waals surface area contributed by atoms with E-state index in [9.17, 15) is 9.59 Å². The van der Waals surface area contributed by atoms with Gasteiger partial charge in [0, 0.05) is 29.6 Å². The Labute approximate surface area is 174 Å². The number of carbonyl (C=O) groups is 2. The lowest BCUT2D eigenvalue weighted by molar-refractivity contribution is -0.136. The van der Waals surface area contributed by atoms with Crippen molar-refractivity contribution in [2.45, 2.75) is 71.8 Å². The SMILES string of the molecule is CCCCCCCC(=O)NCC(=O)N1CCc2c([nH]c3ccccc23)C1C(C)C. The summed E-state index contributed by atoms with van der Waals surface area (Å²) in [5.41, 5.74) is 3.62. The zero-order valence-corrected chi connectivity index (χ0v) is 18.1. The van der Waals surface area contributed by atoms with Crippen LogP contribution in [0.25, 0.3) is 10.9 Å². The summed E-state index contributed by atoms with van der Waals surface area (Å²) in [6.45, 7) is 7.28. The second-order valence-corrected chi connectivity index (χ2v) is 8.53. The van der Waals surface area contributed by atoms with E-state index in [1.165, 1.54) is 30.2 Å². The van der Waals surface area contributed by atoms with Crippen LogP contribution in [-0.2, 0) is 16.0 Å². The number of hydrogen-bond donors (Lipinski definition) is 2. The van der Waals surface area contributed by atoms with Crippen LogP contribution in [-0.4, -0.2) is 34.8 Å². The van der Waals surface area contributed by atoms with Gasteiger partial charge in [-0.2, -0.15) is 0 Å². The molecule has 5 heteroatoms. The van der Waals surface area contributed by atoms with E-state index in [0.29, 0.717) is 18.9 Å². The number of benzene rings is 1. The molecule has 0 spiro atoms. The molecule has 5 nitrogen and oxygen atoms in total. The lowest BCUT2D eigenvalue weighted by Gasteiger charge is -2.38. The molecule has 2 N–H and O–H groups in total. The molecule has 3 rings (SSSR count). The smallest absolute Gasteiger partial charge is 0.242 e. The zero-order valence-electron chi connectivity index (χ0n) is 18.1. The fourth-order valence-corrected chi connectivity index (χ4v) is 4.50. The highest BCUT2D eigenvalue weighted by Gasteiger charge is 2.35. The van der Waals surface area contributed by atoms with Gasteiger partial charge in [-0.25, -0.2) is 0 Å². The van der Waals surface area contributed by atoms with Gasteiger partial charge in [0.1, 0.15) is 0 Å². The average Bonchev–Trinajstić information content (AvgIpc) is 3.09. The number of H-pyrrole nitrogens is 1. The number of aromatic amines is 1. The minimum absolute atomic E-state index is 0.00680. The van der Waals surface area contributed by atoms with Crippen molar-refractivity contribution in [1.82, 2.24) is 15.2 Å². The summed E-state index contributed by atoms with van der Waals surface area (Å²) < 4.78 is 0. The van der Waals surface area contributed by atoms with Crippen LogP contribution in [0.15, 0.2) is 24.3 Å². The maximum Gasteiger partial charge on any atom is 0.242 e. The van der Waals surface area contributed by atoms with Crippen LogP contribution < -0.4 is 5.32 Å². The van der Waals surface area contributed by atoms with Gasteiger partial charge < -0.3 is 15.2 Å². The van der Waals surface area contributed by atoms with Crippen LogP contribution in [0.5, 0.6) is 0 Å². The highest BCUT2D eigenvalue weighted by atomic mass is 16.2. The molecule has 0 fully saturated rings. The first kappa shape index (κ1) is 21.4. The first-order valence-electron chi connectivity index (χ1n) is 11.2. The maximum absolute atomic E-state index is 13.0. The Morgan fingerprint density at radius 2 is 1.93 bits per heavy atom. The molecule has 0 aliphatic carbocycles. The number of carbonyl (C=O) groups excluding carboxylic acids is 2. The van der Waals surface area contributed by atoms with Crippen molar-refractivity contribution in [3.8, 4) is 0 Å². The summed E-state index contributed by atoms with van der Waals surface area (Å²) in [5, 5.41) is 4.10. The molecule has 1 aliphatic heterocycles. The number of rotatable bonds is 9. The number of fused-ring (bicyclic) bond motifs is 3. The van der Waals surface area contributed by atoms with E-state index in [4.69, 9.17) is 0 Å². The lowest BCUT2D eigenvalue weighted by Crippen LogP contribution is -2.46. The minimum Gasteiger partial charge on any atom is -0.356 e. The Bertz CT molecular complexity index is 840. The largest absolute Gasteiger partial charge is 0.356 e. The third-order valence-electron chi connectivity index (χ3n) is 5.98. The normalized spacial score (nSPS) is 16.3. The molecule has 1 atom stereocenters. The van der Waals surface area contributed by atoms with Gasteiger partial charge in [-0.05, 0) is 30.4 Å². The van der Waals surface area contributed by atoms with E-state index in [0.717, 1.165) is 30.5 Å². The van der Waals surface area contributed by atoms with Gasteiger partial charge in [-0.3, -0.25) is 9.59 Å². The van der Waals surface area contributed by atoms with E-state index >= 15 is 0 Å². The molecule has 2 amide bonds. The van der Waals surface area contributed by atoms with Crippen molar-refractivity contribution in [3.05, 3.63) is 35.5 Å². The number of hydrogen-bond acceptors (Lipinski definition) is 2. The molecule has 158 valence electrons. The van der Waals surface area contributed by atoms with Gasteiger partial charge in [0.05, 0.1) is 12.6 Å². The maximum atomic E-state index is 13.0. The van der Waals surface area contributed by atoms with Crippen LogP contribution in [0.2, 0.25) is 0 Å². The van der Waals surface area contributed by atoms with Gasteiger partial charge in [-0.1, -0.05) is 64.7 Å². The Morgan fingerprint density at radius 3 is 2.69 bits per heavy atom. The van der Waals surface area contributed by atoms with Crippen LogP contribution in [0.3, 0.4) is 0 Å². The summed E-state index contributed by atoms with van der Waals surface area (Å²) in [5.74, 6) is 0.284. The Balaban J connectivity index is 1.61. The number of aromatic nitrogens is 1. The Kier molecular flexibility index (Phi) is 7.34. The van der Waals surface area contributed by atoms with Crippen LogP contribution in [0, 0.1) is 5.92 Å². The fraction of sp³-hybridized carbons (Fsp3) is 0.583. The second-order valence-electron chi connectivity index (χ2n) is 8.53. The van der Waals surface area contributed by atoms with Gasteiger partial charge in [0.15, 0.2) is 0 Å². The number of nitrogens with one attached hydrogen (secondary N) is 2. The molecule has 2 heterocycles. The van der Waals surface area contributed by atoms with Crippen LogP contribution >= 0.6 is 0 Å². The highest BCUT2D eigenvalue weighted by molar-refractivity contribution is 5.87. The van der Waals surface area contributed by atoms with E-state index in [-0.39, 0.29) is 24.4 Å². The number of nitrogens with zero attached hydrogens (tertiary/aromatic N) is 1. The van der Waals surface area contributed by atoms with Gasteiger partial charge in [-0.15, -0.1) is 0 Å². The quantitative estimate of drug-likeness (QED) is 0.601. The van der Waals surface area contributed by atoms with E-state index in [1.807, 2.05) is 11.0 Å². The third-order valence-corrected chi connectivity index (χ3v) is 5.98. The molecular formula is C24H35N3O2. The van der Waals surface area contributed by atoms with Crippen molar-refractivity contribution in [2.75, 3.05) is 13.1 Å². The van der Waals surface area contributed by atoms with E-state index in [2.05, 4.69) is 49.3 Å². The molecule has 1 unspecified atom stereocenters. The van der Waals surface area contributed by atoms with Crippen molar-refractivity contribution < 1.29 is 9.59 Å². The second kappa shape index (κ2) is 9.95. The topological polar surface area (TPSA) is 65.2 Å². The molecule has 0 radical (unpaired) electrons. The number of amides is 2. The van der Waals surface area contributed by atoms with Crippen LogP contribution in [0.4, 0.5) is 0 Å². The monoisotopic (exact) mass is 397 g/mol. The van der Waals surface area contributed by atoms with Crippen molar-refractivity contribution in [3.63, 3.8) is 0 Å². The summed E-state index contributed by atoms with van der Waals surface area (Å²) in [4.78, 5) is 30.6. The predicted molar refractivity (Wildman–Crippen MR) is 118 cm³/mol. The van der Waals surface area contributed by atoms with E-state index in [1.54, 1.807) is 0 Å². The molecule has 0 saturated carbocycles. The Morgan fingerprint density at radius 1 is 1.17 bits per heavy atom. The fourth-order valence-electron chi connectivity index (χ4n) is 4.50. The first-order valence-corrected chi connectivity index (χ1v) is 11.2. The average molecular weight is 398 g/mol.